The summed E-state index contributed by atoms with van der Waals surface area (Å²) in [6, 6.07) is 19.5. The van der Waals surface area contributed by atoms with Gasteiger partial charge in [0.15, 0.2) is 6.10 Å². The molecule has 0 radical (unpaired) electrons. The van der Waals surface area contributed by atoms with Gasteiger partial charge in [0.05, 0.1) is 18.5 Å². The molecule has 0 aromatic heterocycles. The maximum absolute atomic E-state index is 13.9. The molecule has 44 heavy (non-hydrogen) atoms. The van der Waals surface area contributed by atoms with Crippen LogP contribution in [0.1, 0.15) is 54.2 Å². The van der Waals surface area contributed by atoms with Gasteiger partial charge >= 0.3 is 0 Å². The maximum Gasteiger partial charge on any atom is 0.254 e. The number of hydrogen-bond acceptors (Lipinski definition) is 7. The van der Waals surface area contributed by atoms with Gasteiger partial charge < -0.3 is 30.5 Å². The Bertz CT molecular complexity index is 1460. The second kappa shape index (κ2) is 14.6. The molecule has 0 unspecified atom stereocenters. The number of aromatic hydroxyl groups is 1. The summed E-state index contributed by atoms with van der Waals surface area (Å²) in [4.78, 5) is 42.2. The van der Waals surface area contributed by atoms with Crippen LogP contribution in [0.5, 0.6) is 11.5 Å². The van der Waals surface area contributed by atoms with Crippen LogP contribution in [0, 0.1) is 6.92 Å². The lowest BCUT2D eigenvalue weighted by molar-refractivity contribution is -0.147. The van der Waals surface area contributed by atoms with E-state index in [0.717, 1.165) is 23.3 Å². The number of aliphatic hydroxyl groups is 1. The highest BCUT2D eigenvalue weighted by atomic mass is 32.2. The average Bonchev–Trinajstić information content (AvgIpc) is 3.34. The SMILES string of the molecule is CCCOc1cccc(CNC(=O)[C@H]2N(C(=O)[C@@H](O)[C@H](Cc3ccccc3)NC(=O)c3cccc(O)c3C)CSC2(C)C)c1. The van der Waals surface area contributed by atoms with Gasteiger partial charge in [-0.25, -0.2) is 0 Å². The van der Waals surface area contributed by atoms with Crippen molar-refractivity contribution >= 4 is 29.5 Å². The molecule has 1 saturated heterocycles. The number of rotatable bonds is 12. The van der Waals surface area contributed by atoms with Crippen molar-refractivity contribution < 1.29 is 29.3 Å². The summed E-state index contributed by atoms with van der Waals surface area (Å²) in [6.45, 7) is 8.30. The number of phenols is 1. The fraction of sp³-hybridized carbons (Fsp3) is 0.382. The molecule has 10 heteroatoms. The molecule has 1 aliphatic rings. The molecule has 1 heterocycles. The molecule has 1 aliphatic heterocycles. The van der Waals surface area contributed by atoms with Gasteiger partial charge in [-0.15, -0.1) is 11.8 Å². The fourth-order valence-electron chi connectivity index (χ4n) is 5.23. The Labute approximate surface area is 263 Å². The van der Waals surface area contributed by atoms with Gasteiger partial charge in [-0.2, -0.15) is 0 Å². The molecule has 3 aromatic carbocycles. The number of amides is 3. The van der Waals surface area contributed by atoms with E-state index in [9.17, 15) is 24.6 Å². The molecule has 3 atom stereocenters. The van der Waals surface area contributed by atoms with Crippen molar-refractivity contribution in [1.29, 1.82) is 0 Å². The molecular weight excluding hydrogens is 578 g/mol. The molecular formula is C34H41N3O6S. The van der Waals surface area contributed by atoms with E-state index >= 15 is 0 Å². The van der Waals surface area contributed by atoms with Gasteiger partial charge in [-0.05, 0) is 69.0 Å². The van der Waals surface area contributed by atoms with Crippen molar-refractivity contribution in [3.8, 4) is 11.5 Å². The molecule has 3 amide bonds. The Morgan fingerprint density at radius 2 is 1.75 bits per heavy atom. The number of carbonyl (C=O) groups excluding carboxylic acids is 3. The lowest BCUT2D eigenvalue weighted by Gasteiger charge is -2.33. The van der Waals surface area contributed by atoms with Crippen molar-refractivity contribution in [3.63, 3.8) is 0 Å². The minimum atomic E-state index is -1.63. The summed E-state index contributed by atoms with van der Waals surface area (Å²) >= 11 is 1.45. The van der Waals surface area contributed by atoms with Crippen LogP contribution in [0.3, 0.4) is 0 Å². The second-order valence-corrected chi connectivity index (χ2v) is 13.1. The zero-order valence-corrected chi connectivity index (χ0v) is 26.4. The van der Waals surface area contributed by atoms with Crippen molar-refractivity contribution in [1.82, 2.24) is 15.5 Å². The Balaban J connectivity index is 1.52. The Morgan fingerprint density at radius 3 is 2.48 bits per heavy atom. The van der Waals surface area contributed by atoms with E-state index in [1.54, 1.807) is 19.1 Å². The topological polar surface area (TPSA) is 128 Å². The first kappa shape index (κ1) is 32.9. The molecule has 0 aliphatic carbocycles. The van der Waals surface area contributed by atoms with Crippen LogP contribution >= 0.6 is 11.8 Å². The van der Waals surface area contributed by atoms with E-state index in [1.807, 2.05) is 75.4 Å². The van der Waals surface area contributed by atoms with E-state index in [4.69, 9.17) is 4.74 Å². The molecule has 1 fully saturated rings. The summed E-state index contributed by atoms with van der Waals surface area (Å²) < 4.78 is 5.08. The lowest BCUT2D eigenvalue weighted by Crippen LogP contribution is -2.58. The molecule has 0 bridgehead atoms. The minimum Gasteiger partial charge on any atom is -0.508 e. The number of ether oxygens (including phenoxy) is 1. The van der Waals surface area contributed by atoms with Gasteiger partial charge in [0.1, 0.15) is 17.5 Å². The van der Waals surface area contributed by atoms with Crippen molar-refractivity contribution in [2.75, 3.05) is 12.5 Å². The van der Waals surface area contributed by atoms with Crippen molar-refractivity contribution in [3.05, 3.63) is 95.1 Å². The monoisotopic (exact) mass is 619 g/mol. The van der Waals surface area contributed by atoms with Crippen LogP contribution in [-0.4, -0.2) is 68.3 Å². The number of nitrogens with one attached hydrogen (secondary N) is 2. The predicted octanol–water partition coefficient (Wildman–Crippen LogP) is 4.19. The minimum absolute atomic E-state index is 0.0285. The number of hydrogen-bond donors (Lipinski definition) is 4. The number of nitrogens with zero attached hydrogens (tertiary/aromatic N) is 1. The number of carbonyl (C=O) groups is 3. The molecule has 3 aromatic rings. The summed E-state index contributed by atoms with van der Waals surface area (Å²) in [6.07, 6.45) is -0.570. The second-order valence-electron chi connectivity index (χ2n) is 11.5. The summed E-state index contributed by atoms with van der Waals surface area (Å²) in [5.74, 6) is -0.603. The Kier molecular flexibility index (Phi) is 10.9. The van der Waals surface area contributed by atoms with Crippen LogP contribution < -0.4 is 15.4 Å². The normalized spacial score (nSPS) is 17.0. The van der Waals surface area contributed by atoms with E-state index in [-0.39, 0.29) is 36.1 Å². The number of phenolic OH excluding ortho intramolecular Hbond substituents is 1. The standard InChI is InChI=1S/C34H41N3O6S/c1-5-17-43-25-14-9-13-24(18-25)20-35-32(41)30-34(3,4)44-21-37(30)33(42)29(39)27(19-23-11-7-6-8-12-23)36-31(40)26-15-10-16-28(38)22(26)2/h6-16,18,27,29-30,38-39H,5,17,19-21H2,1-4H3,(H,35,41)(H,36,40)/t27-,29-,30+/m0/s1. The molecule has 0 spiro atoms. The van der Waals surface area contributed by atoms with E-state index in [2.05, 4.69) is 10.6 Å². The third-order valence-electron chi connectivity index (χ3n) is 7.71. The average molecular weight is 620 g/mol. The Hall–Kier alpha value is -4.02. The molecule has 4 N–H and O–H groups in total. The summed E-state index contributed by atoms with van der Waals surface area (Å²) in [5.41, 5.74) is 2.30. The quantitative estimate of drug-likeness (QED) is 0.239. The highest BCUT2D eigenvalue weighted by molar-refractivity contribution is 8.00. The maximum atomic E-state index is 13.9. The van der Waals surface area contributed by atoms with Crippen LogP contribution in [0.25, 0.3) is 0 Å². The number of benzene rings is 3. The van der Waals surface area contributed by atoms with E-state index < -0.39 is 34.7 Å². The van der Waals surface area contributed by atoms with Crippen LogP contribution in [0.2, 0.25) is 0 Å². The van der Waals surface area contributed by atoms with Crippen LogP contribution in [-0.2, 0) is 22.6 Å². The third-order valence-corrected chi connectivity index (χ3v) is 9.09. The van der Waals surface area contributed by atoms with Crippen LogP contribution in [0.15, 0.2) is 72.8 Å². The van der Waals surface area contributed by atoms with E-state index in [1.165, 1.54) is 22.7 Å². The van der Waals surface area contributed by atoms with Gasteiger partial charge in [0.2, 0.25) is 5.91 Å². The molecule has 4 rings (SSSR count). The fourth-order valence-corrected chi connectivity index (χ4v) is 6.37. The van der Waals surface area contributed by atoms with Crippen molar-refractivity contribution in [2.24, 2.45) is 0 Å². The first-order valence-corrected chi connectivity index (χ1v) is 15.8. The highest BCUT2D eigenvalue weighted by Gasteiger charge is 2.49. The zero-order chi connectivity index (χ0) is 31.9. The Morgan fingerprint density at radius 1 is 1.05 bits per heavy atom. The van der Waals surface area contributed by atoms with E-state index in [0.29, 0.717) is 12.2 Å². The van der Waals surface area contributed by atoms with Gasteiger partial charge in [0, 0.05) is 22.4 Å². The first-order chi connectivity index (χ1) is 21.0. The number of thioether (sulfide) groups is 1. The summed E-state index contributed by atoms with van der Waals surface area (Å²) in [7, 11) is 0. The molecule has 234 valence electrons. The number of aliphatic hydroxyl groups excluding tert-OH is 1. The van der Waals surface area contributed by atoms with Crippen LogP contribution in [0.4, 0.5) is 0 Å². The van der Waals surface area contributed by atoms with Crippen molar-refractivity contribution in [2.45, 2.75) is 70.0 Å². The zero-order valence-electron chi connectivity index (χ0n) is 25.6. The third kappa shape index (κ3) is 7.92. The molecule has 0 saturated carbocycles. The van der Waals surface area contributed by atoms with Gasteiger partial charge in [-0.1, -0.05) is 55.5 Å². The summed E-state index contributed by atoms with van der Waals surface area (Å²) in [5, 5.41) is 27.4. The smallest absolute Gasteiger partial charge is 0.254 e. The molecule has 9 nitrogen and oxygen atoms in total. The predicted molar refractivity (Wildman–Crippen MR) is 171 cm³/mol. The van der Waals surface area contributed by atoms with Gasteiger partial charge in [0.25, 0.3) is 11.8 Å². The first-order valence-electron chi connectivity index (χ1n) is 14.8. The highest BCUT2D eigenvalue weighted by Crippen LogP contribution is 2.40. The largest absolute Gasteiger partial charge is 0.508 e. The lowest BCUT2D eigenvalue weighted by atomic mass is 9.96. The van der Waals surface area contributed by atoms with Gasteiger partial charge in [-0.3, -0.25) is 14.4 Å².